The van der Waals surface area contributed by atoms with Crippen LogP contribution in [0, 0.1) is 0 Å². The predicted octanol–water partition coefficient (Wildman–Crippen LogP) is 7.20. The molecule has 0 aromatic heterocycles. The summed E-state index contributed by atoms with van der Waals surface area (Å²) in [5, 5.41) is 2.79. The summed E-state index contributed by atoms with van der Waals surface area (Å²) in [6, 6.07) is 37.8. The minimum atomic E-state index is -4.05. The van der Waals surface area contributed by atoms with Gasteiger partial charge in [0.25, 0.3) is 0 Å². The van der Waals surface area contributed by atoms with Crippen molar-refractivity contribution in [2.75, 3.05) is 0 Å². The van der Waals surface area contributed by atoms with Crippen molar-refractivity contribution >= 4 is 41.8 Å². The van der Waals surface area contributed by atoms with Crippen LogP contribution in [0.25, 0.3) is 32.7 Å². The first-order valence-corrected chi connectivity index (χ1v) is 15.2. The van der Waals surface area contributed by atoms with E-state index in [9.17, 15) is 16.8 Å². The third kappa shape index (κ3) is 5.02. The van der Waals surface area contributed by atoms with Crippen molar-refractivity contribution in [1.82, 2.24) is 0 Å². The monoisotopic (exact) mass is 566 g/mol. The van der Waals surface area contributed by atoms with E-state index in [-0.39, 0.29) is 21.3 Å². The maximum atomic E-state index is 13.0. The van der Waals surface area contributed by atoms with E-state index in [2.05, 4.69) is 0 Å². The second-order valence-corrected chi connectivity index (χ2v) is 12.1. The average Bonchev–Trinajstić information content (AvgIpc) is 2.97. The first kappa shape index (κ1) is 25.6. The molecule has 40 heavy (non-hydrogen) atoms. The molecule has 8 heteroatoms. The van der Waals surface area contributed by atoms with Crippen LogP contribution in [0.4, 0.5) is 0 Å². The van der Waals surface area contributed by atoms with Gasteiger partial charge in [0.15, 0.2) is 0 Å². The Morgan fingerprint density at radius 3 is 1.12 bits per heavy atom. The third-order valence-corrected chi connectivity index (χ3v) is 9.10. The quantitative estimate of drug-likeness (QED) is 0.190. The molecule has 0 saturated heterocycles. The number of fused-ring (bicyclic) bond motifs is 2. The summed E-state index contributed by atoms with van der Waals surface area (Å²) in [6.07, 6.45) is 0. The second kappa shape index (κ2) is 10.1. The molecular formula is C32H22O6S2. The zero-order chi connectivity index (χ0) is 27.7. The molecule has 0 radical (unpaired) electrons. The fraction of sp³-hybridized carbons (Fsp3) is 0. The molecule has 0 N–H and O–H groups in total. The molecule has 6 aromatic carbocycles. The van der Waals surface area contributed by atoms with Gasteiger partial charge in [0, 0.05) is 10.8 Å². The lowest BCUT2D eigenvalue weighted by Gasteiger charge is -2.11. The summed E-state index contributed by atoms with van der Waals surface area (Å²) >= 11 is 0. The highest BCUT2D eigenvalue weighted by molar-refractivity contribution is 7.87. The van der Waals surface area contributed by atoms with Gasteiger partial charge in [-0.1, -0.05) is 97.1 Å². The lowest BCUT2D eigenvalue weighted by atomic mass is 10.1. The van der Waals surface area contributed by atoms with Crippen LogP contribution in [0.1, 0.15) is 0 Å². The average molecular weight is 567 g/mol. The number of rotatable bonds is 7. The van der Waals surface area contributed by atoms with Crippen molar-refractivity contribution in [3.05, 3.63) is 133 Å². The van der Waals surface area contributed by atoms with Crippen molar-refractivity contribution in [1.29, 1.82) is 0 Å². The van der Waals surface area contributed by atoms with Crippen molar-refractivity contribution in [3.63, 3.8) is 0 Å². The summed E-state index contributed by atoms with van der Waals surface area (Å²) in [7, 11) is -8.10. The van der Waals surface area contributed by atoms with Crippen LogP contribution in [0.2, 0.25) is 0 Å². The van der Waals surface area contributed by atoms with Crippen LogP contribution < -0.4 is 8.37 Å². The van der Waals surface area contributed by atoms with E-state index in [0.717, 1.165) is 21.9 Å². The molecule has 0 spiro atoms. The fourth-order valence-corrected chi connectivity index (χ4v) is 6.89. The van der Waals surface area contributed by atoms with Gasteiger partial charge in [-0.3, -0.25) is 0 Å². The summed E-state index contributed by atoms with van der Waals surface area (Å²) < 4.78 is 62.9. The Bertz CT molecular complexity index is 1900. The van der Waals surface area contributed by atoms with E-state index < -0.39 is 20.2 Å². The summed E-state index contributed by atoms with van der Waals surface area (Å²) in [5.74, 6) is 0.357. The van der Waals surface area contributed by atoms with Crippen LogP contribution in [-0.4, -0.2) is 16.8 Å². The van der Waals surface area contributed by atoms with Gasteiger partial charge in [0.2, 0.25) is 0 Å². The van der Waals surface area contributed by atoms with Gasteiger partial charge in [0.05, 0.1) is 0 Å². The normalized spacial score (nSPS) is 11.9. The Balaban J connectivity index is 1.19. The SMILES string of the molecule is O=S(=O)(Oc1ccc(-c2ccc(OS(=O)(=O)c3cccc4ccccc34)cc2)cc1)c1cccc2ccccc12. The van der Waals surface area contributed by atoms with Crippen LogP contribution in [0.3, 0.4) is 0 Å². The molecule has 6 rings (SSSR count). The van der Waals surface area contributed by atoms with Gasteiger partial charge in [-0.05, 0) is 58.3 Å². The van der Waals surface area contributed by atoms with E-state index >= 15 is 0 Å². The van der Waals surface area contributed by atoms with Crippen LogP contribution in [-0.2, 0) is 20.2 Å². The molecule has 0 aliphatic carbocycles. The lowest BCUT2D eigenvalue weighted by molar-refractivity contribution is 0.485. The van der Waals surface area contributed by atoms with Crippen molar-refractivity contribution in [2.24, 2.45) is 0 Å². The fourth-order valence-electron chi connectivity index (χ4n) is 4.58. The highest BCUT2D eigenvalue weighted by Crippen LogP contribution is 2.30. The van der Waals surface area contributed by atoms with Crippen molar-refractivity contribution < 1.29 is 25.2 Å². The Labute approximate surface area is 232 Å². The summed E-state index contributed by atoms with van der Waals surface area (Å²) in [5.41, 5.74) is 1.58. The van der Waals surface area contributed by atoms with Crippen LogP contribution >= 0.6 is 0 Å². The first-order valence-electron chi connectivity index (χ1n) is 12.4. The lowest BCUT2D eigenvalue weighted by Crippen LogP contribution is -2.10. The molecule has 0 heterocycles. The van der Waals surface area contributed by atoms with E-state index in [1.807, 2.05) is 36.4 Å². The summed E-state index contributed by atoms with van der Waals surface area (Å²) in [6.45, 7) is 0. The van der Waals surface area contributed by atoms with Gasteiger partial charge >= 0.3 is 20.2 Å². The minimum absolute atomic E-state index is 0.101. The Kier molecular flexibility index (Phi) is 6.50. The second-order valence-electron chi connectivity index (χ2n) is 9.08. The molecule has 0 amide bonds. The largest absolute Gasteiger partial charge is 0.379 e. The molecule has 198 valence electrons. The van der Waals surface area contributed by atoms with Crippen LogP contribution in [0.15, 0.2) is 143 Å². The number of hydrogen-bond donors (Lipinski definition) is 0. The predicted molar refractivity (Wildman–Crippen MR) is 155 cm³/mol. The van der Waals surface area contributed by atoms with E-state index in [1.54, 1.807) is 84.9 Å². The zero-order valence-electron chi connectivity index (χ0n) is 21.0. The molecule has 0 bridgehead atoms. The third-order valence-electron chi connectivity index (χ3n) is 6.49. The molecule has 6 aromatic rings. The Hall–Kier alpha value is -4.66. The molecule has 0 saturated carbocycles. The van der Waals surface area contributed by atoms with Gasteiger partial charge in [-0.2, -0.15) is 16.8 Å². The van der Waals surface area contributed by atoms with E-state index in [4.69, 9.17) is 8.37 Å². The van der Waals surface area contributed by atoms with Gasteiger partial charge in [-0.25, -0.2) is 0 Å². The van der Waals surface area contributed by atoms with Crippen molar-refractivity contribution in [3.8, 4) is 22.6 Å². The molecule has 0 aliphatic rings. The molecular weight excluding hydrogens is 544 g/mol. The Morgan fingerprint density at radius 1 is 0.375 bits per heavy atom. The first-order chi connectivity index (χ1) is 19.3. The molecule has 0 fully saturated rings. The molecule has 6 nitrogen and oxygen atoms in total. The van der Waals surface area contributed by atoms with Gasteiger partial charge < -0.3 is 8.37 Å². The van der Waals surface area contributed by atoms with Crippen molar-refractivity contribution in [2.45, 2.75) is 9.79 Å². The van der Waals surface area contributed by atoms with E-state index in [1.165, 1.54) is 12.1 Å². The van der Waals surface area contributed by atoms with Crippen LogP contribution in [0.5, 0.6) is 11.5 Å². The smallest absolute Gasteiger partial charge is 0.339 e. The van der Waals surface area contributed by atoms with Gasteiger partial charge in [-0.15, -0.1) is 0 Å². The minimum Gasteiger partial charge on any atom is -0.379 e. The standard InChI is InChI=1S/C32H22O6S2/c33-39(34,31-13-5-9-25-7-1-3-11-29(25)31)37-27-19-15-23(16-20-27)24-17-21-28(22-18-24)38-40(35,36)32-14-6-10-26-8-2-4-12-30(26)32/h1-22H. The van der Waals surface area contributed by atoms with Gasteiger partial charge in [0.1, 0.15) is 21.3 Å². The highest BCUT2D eigenvalue weighted by atomic mass is 32.2. The number of benzene rings is 6. The number of hydrogen-bond acceptors (Lipinski definition) is 6. The maximum Gasteiger partial charge on any atom is 0.339 e. The molecule has 0 unspecified atom stereocenters. The molecule has 0 atom stereocenters. The zero-order valence-corrected chi connectivity index (χ0v) is 22.6. The topological polar surface area (TPSA) is 86.7 Å². The van der Waals surface area contributed by atoms with E-state index in [0.29, 0.717) is 10.8 Å². The highest BCUT2D eigenvalue weighted by Gasteiger charge is 2.21. The molecule has 0 aliphatic heterocycles. The summed E-state index contributed by atoms with van der Waals surface area (Å²) in [4.78, 5) is 0.201. The maximum absolute atomic E-state index is 13.0. The Morgan fingerprint density at radius 2 is 0.725 bits per heavy atom.